The molecule has 1 aromatic rings. The predicted octanol–water partition coefficient (Wildman–Crippen LogP) is 3.21. The Morgan fingerprint density at radius 3 is 2.56 bits per heavy atom. The van der Waals surface area contributed by atoms with E-state index in [0.717, 1.165) is 0 Å². The van der Waals surface area contributed by atoms with E-state index >= 15 is 0 Å². The Balaban J connectivity index is 2.53. The summed E-state index contributed by atoms with van der Waals surface area (Å²) >= 11 is 5.77. The number of esters is 1. The van der Waals surface area contributed by atoms with Crippen LogP contribution in [0.4, 0.5) is 13.2 Å². The van der Waals surface area contributed by atoms with Gasteiger partial charge in [0, 0.05) is 0 Å². The van der Waals surface area contributed by atoms with Crippen molar-refractivity contribution in [2.45, 2.75) is 19.2 Å². The monoisotopic (exact) mass is 282 g/mol. The Hall–Kier alpha value is -1.43. The number of carbonyl (C=O) groups excluding carboxylic acids is 1. The van der Waals surface area contributed by atoms with Crippen LogP contribution in [-0.4, -0.2) is 24.9 Å². The van der Waals surface area contributed by atoms with Crippen LogP contribution in [0.15, 0.2) is 24.3 Å². The molecule has 18 heavy (non-hydrogen) atoms. The molecule has 0 heterocycles. The zero-order valence-corrected chi connectivity index (χ0v) is 10.1. The highest BCUT2D eigenvalue weighted by atomic mass is 35.5. The van der Waals surface area contributed by atoms with Crippen LogP contribution in [0, 0.1) is 0 Å². The molecule has 0 aromatic heterocycles. The van der Waals surface area contributed by atoms with E-state index in [0.29, 0.717) is 0 Å². The molecule has 0 spiro atoms. The summed E-state index contributed by atoms with van der Waals surface area (Å²) < 4.78 is 44.6. The van der Waals surface area contributed by atoms with Crippen LogP contribution in [0.25, 0.3) is 0 Å². The van der Waals surface area contributed by atoms with E-state index < -0.39 is 24.9 Å². The van der Waals surface area contributed by atoms with E-state index in [-0.39, 0.29) is 10.8 Å². The molecular weight excluding hydrogens is 273 g/mol. The van der Waals surface area contributed by atoms with Crippen LogP contribution < -0.4 is 4.74 Å². The summed E-state index contributed by atoms with van der Waals surface area (Å²) in [4.78, 5) is 11.2. The largest absolute Gasteiger partial charge is 0.477 e. The number of ether oxygens (including phenoxy) is 2. The van der Waals surface area contributed by atoms with Crippen LogP contribution in [-0.2, 0) is 9.53 Å². The fourth-order valence-corrected chi connectivity index (χ4v) is 1.23. The number of alkyl halides is 3. The number of benzene rings is 1. The fraction of sp³-hybridized carbons (Fsp3) is 0.364. The van der Waals surface area contributed by atoms with Gasteiger partial charge in [-0.3, -0.25) is 0 Å². The van der Waals surface area contributed by atoms with Gasteiger partial charge in [0.2, 0.25) is 0 Å². The summed E-state index contributed by atoms with van der Waals surface area (Å²) in [6, 6.07) is 6.30. The zero-order valence-electron chi connectivity index (χ0n) is 9.33. The molecule has 0 aliphatic heterocycles. The molecule has 0 aliphatic rings. The van der Waals surface area contributed by atoms with E-state index in [1.807, 2.05) is 0 Å². The van der Waals surface area contributed by atoms with E-state index in [9.17, 15) is 18.0 Å². The van der Waals surface area contributed by atoms with Crippen molar-refractivity contribution in [1.29, 1.82) is 0 Å². The average Bonchev–Trinajstić information content (AvgIpc) is 2.28. The molecule has 7 heteroatoms. The van der Waals surface area contributed by atoms with Crippen molar-refractivity contribution >= 4 is 17.6 Å². The van der Waals surface area contributed by atoms with Crippen LogP contribution >= 0.6 is 11.6 Å². The maximum atomic E-state index is 11.8. The number of hydrogen-bond donors (Lipinski definition) is 0. The minimum atomic E-state index is -4.56. The summed E-state index contributed by atoms with van der Waals surface area (Å²) in [5.41, 5.74) is 0. The van der Waals surface area contributed by atoms with Crippen LogP contribution in [0.1, 0.15) is 6.92 Å². The van der Waals surface area contributed by atoms with Crippen molar-refractivity contribution in [3.05, 3.63) is 29.3 Å². The first-order valence-corrected chi connectivity index (χ1v) is 5.32. The molecule has 0 saturated heterocycles. The normalized spacial score (nSPS) is 12.9. The molecule has 0 amide bonds. The lowest BCUT2D eigenvalue weighted by Gasteiger charge is -2.15. The van der Waals surface area contributed by atoms with Crippen LogP contribution in [0.2, 0.25) is 5.02 Å². The topological polar surface area (TPSA) is 35.5 Å². The van der Waals surface area contributed by atoms with Gasteiger partial charge in [-0.25, -0.2) is 4.79 Å². The molecule has 0 bridgehead atoms. The van der Waals surface area contributed by atoms with Gasteiger partial charge in [-0.15, -0.1) is 0 Å². The highest BCUT2D eigenvalue weighted by molar-refractivity contribution is 6.32. The Kier molecular flexibility index (Phi) is 4.84. The molecule has 1 unspecified atom stereocenters. The van der Waals surface area contributed by atoms with Gasteiger partial charge in [0.25, 0.3) is 0 Å². The summed E-state index contributed by atoms with van der Waals surface area (Å²) in [5, 5.41) is 0.257. The van der Waals surface area contributed by atoms with E-state index in [1.54, 1.807) is 12.1 Å². The zero-order chi connectivity index (χ0) is 13.8. The van der Waals surface area contributed by atoms with Crippen LogP contribution in [0.5, 0.6) is 5.75 Å². The quantitative estimate of drug-likeness (QED) is 0.796. The lowest BCUT2D eigenvalue weighted by Crippen LogP contribution is -2.30. The third kappa shape index (κ3) is 4.83. The SMILES string of the molecule is CC(Oc1ccccc1Cl)C(=O)OCC(F)(F)F. The maximum absolute atomic E-state index is 11.8. The van der Waals surface area contributed by atoms with Gasteiger partial charge in [-0.05, 0) is 19.1 Å². The van der Waals surface area contributed by atoms with Crippen molar-refractivity contribution in [1.82, 2.24) is 0 Å². The molecule has 0 N–H and O–H groups in total. The van der Waals surface area contributed by atoms with E-state index in [1.165, 1.54) is 19.1 Å². The first kappa shape index (κ1) is 14.6. The molecule has 100 valence electrons. The molecule has 3 nitrogen and oxygen atoms in total. The van der Waals surface area contributed by atoms with Gasteiger partial charge < -0.3 is 9.47 Å². The minimum Gasteiger partial charge on any atom is -0.477 e. The van der Waals surface area contributed by atoms with Gasteiger partial charge in [-0.2, -0.15) is 13.2 Å². The molecule has 0 radical (unpaired) electrons. The highest BCUT2D eigenvalue weighted by Gasteiger charge is 2.31. The van der Waals surface area contributed by atoms with Crippen molar-refractivity contribution in [3.8, 4) is 5.75 Å². The lowest BCUT2D eigenvalue weighted by molar-refractivity contribution is -0.190. The third-order valence-corrected chi connectivity index (χ3v) is 2.16. The first-order valence-electron chi connectivity index (χ1n) is 4.94. The number of rotatable bonds is 4. The molecule has 1 atom stereocenters. The molecule has 0 aliphatic carbocycles. The smallest absolute Gasteiger partial charge is 0.422 e. The highest BCUT2D eigenvalue weighted by Crippen LogP contribution is 2.24. The van der Waals surface area contributed by atoms with Gasteiger partial charge in [0.1, 0.15) is 5.75 Å². The second-order valence-electron chi connectivity index (χ2n) is 3.41. The summed E-state index contributed by atoms with van der Waals surface area (Å²) in [5.74, 6) is -0.900. The van der Waals surface area contributed by atoms with Crippen molar-refractivity contribution in [2.24, 2.45) is 0 Å². The number of carbonyl (C=O) groups is 1. The minimum absolute atomic E-state index is 0.204. The molecule has 0 fully saturated rings. The fourth-order valence-electron chi connectivity index (χ4n) is 1.05. The molecule has 1 aromatic carbocycles. The number of hydrogen-bond acceptors (Lipinski definition) is 3. The molecular formula is C11H10ClF3O3. The predicted molar refractivity (Wildman–Crippen MR) is 58.6 cm³/mol. The Bertz CT molecular complexity index is 420. The first-order chi connectivity index (χ1) is 8.29. The van der Waals surface area contributed by atoms with Gasteiger partial charge in [-0.1, -0.05) is 23.7 Å². The Labute approximate surface area is 106 Å². The van der Waals surface area contributed by atoms with E-state index in [2.05, 4.69) is 4.74 Å². The Morgan fingerprint density at radius 1 is 1.39 bits per heavy atom. The van der Waals surface area contributed by atoms with Gasteiger partial charge >= 0.3 is 12.1 Å². The summed E-state index contributed by atoms with van der Waals surface area (Å²) in [6.07, 6.45) is -5.73. The van der Waals surface area contributed by atoms with Gasteiger partial charge in [0.05, 0.1) is 5.02 Å². The maximum Gasteiger partial charge on any atom is 0.422 e. The Morgan fingerprint density at radius 2 is 2.00 bits per heavy atom. The summed E-state index contributed by atoms with van der Waals surface area (Å²) in [7, 11) is 0. The van der Waals surface area contributed by atoms with Gasteiger partial charge in [0.15, 0.2) is 12.7 Å². The third-order valence-electron chi connectivity index (χ3n) is 1.85. The second-order valence-corrected chi connectivity index (χ2v) is 3.82. The number of halogens is 4. The molecule has 0 saturated carbocycles. The second kappa shape index (κ2) is 5.95. The van der Waals surface area contributed by atoms with Crippen molar-refractivity contribution in [3.63, 3.8) is 0 Å². The van der Waals surface area contributed by atoms with E-state index in [4.69, 9.17) is 16.3 Å². The lowest BCUT2D eigenvalue weighted by atomic mass is 10.3. The van der Waals surface area contributed by atoms with Crippen molar-refractivity contribution in [2.75, 3.05) is 6.61 Å². The molecule has 1 rings (SSSR count). The van der Waals surface area contributed by atoms with Crippen LogP contribution in [0.3, 0.4) is 0 Å². The van der Waals surface area contributed by atoms with Crippen molar-refractivity contribution < 1.29 is 27.4 Å². The standard InChI is InChI=1S/C11H10ClF3O3/c1-7(10(16)17-6-11(13,14)15)18-9-5-3-2-4-8(9)12/h2-5,7H,6H2,1H3. The average molecular weight is 283 g/mol. The number of para-hydroxylation sites is 1. The summed E-state index contributed by atoms with van der Waals surface area (Å²) in [6.45, 7) is -0.357.